The third-order valence-electron chi connectivity index (χ3n) is 5.21. The molecule has 0 amide bonds. The molecule has 0 aromatic heterocycles. The summed E-state index contributed by atoms with van der Waals surface area (Å²) < 4.78 is 24.4. The van der Waals surface area contributed by atoms with Crippen LogP contribution in [0, 0.1) is 0 Å². The zero-order chi connectivity index (χ0) is 17.4. The van der Waals surface area contributed by atoms with Crippen LogP contribution in [0.5, 0.6) is 0 Å². The molecule has 2 unspecified atom stereocenters. The van der Waals surface area contributed by atoms with Gasteiger partial charge in [0.05, 0.1) is 19.0 Å². The standard InChI is InChI=1S/C19H28O4Si/c1-19(2,3)24(4,5)23-15-11-12-20-16-13-21-18(22-17(15)16)14-9-7-6-8-10-14/h6-12,15-18H,13H2,1-5H3/t15-,16?,17?,18-/m1/s1. The van der Waals surface area contributed by atoms with Gasteiger partial charge in [-0.15, -0.1) is 0 Å². The smallest absolute Gasteiger partial charge is 0.193 e. The Balaban J connectivity index is 1.76. The van der Waals surface area contributed by atoms with Crippen LogP contribution < -0.4 is 0 Å². The van der Waals surface area contributed by atoms with E-state index in [0.717, 1.165) is 5.56 Å². The molecule has 2 aliphatic heterocycles. The number of hydrogen-bond acceptors (Lipinski definition) is 4. The molecule has 3 rings (SSSR count). The van der Waals surface area contributed by atoms with Crippen molar-refractivity contribution in [1.82, 2.24) is 0 Å². The second-order valence-electron chi connectivity index (χ2n) is 8.02. The van der Waals surface area contributed by atoms with E-state index in [1.165, 1.54) is 0 Å². The van der Waals surface area contributed by atoms with Gasteiger partial charge in [-0.25, -0.2) is 0 Å². The van der Waals surface area contributed by atoms with Gasteiger partial charge in [-0.1, -0.05) is 51.1 Å². The van der Waals surface area contributed by atoms with E-state index in [9.17, 15) is 0 Å². The Hall–Kier alpha value is -1.14. The SMILES string of the molecule is CC(C)(C)[Si](C)(C)O[C@@H]1C=COC2CO[C@@H](c3ccccc3)OC21. The van der Waals surface area contributed by atoms with E-state index in [2.05, 4.69) is 33.9 Å². The minimum Gasteiger partial charge on any atom is -0.493 e. The highest BCUT2D eigenvalue weighted by Crippen LogP contribution is 2.40. The van der Waals surface area contributed by atoms with E-state index >= 15 is 0 Å². The normalized spacial score (nSPS) is 30.5. The second kappa shape index (κ2) is 6.63. The number of rotatable bonds is 3. The van der Waals surface area contributed by atoms with Gasteiger partial charge in [0.1, 0.15) is 6.10 Å². The Morgan fingerprint density at radius 1 is 1.12 bits per heavy atom. The van der Waals surface area contributed by atoms with Gasteiger partial charge in [0, 0.05) is 5.56 Å². The summed E-state index contributed by atoms with van der Waals surface area (Å²) in [4.78, 5) is 0. The molecule has 1 fully saturated rings. The molecule has 1 aromatic carbocycles. The van der Waals surface area contributed by atoms with E-state index in [1.807, 2.05) is 36.4 Å². The first-order valence-electron chi connectivity index (χ1n) is 8.60. The molecular formula is C19H28O4Si. The molecule has 2 aliphatic rings. The van der Waals surface area contributed by atoms with E-state index in [0.29, 0.717) is 6.61 Å². The van der Waals surface area contributed by atoms with E-state index in [4.69, 9.17) is 18.6 Å². The van der Waals surface area contributed by atoms with E-state index in [1.54, 1.807) is 6.26 Å². The van der Waals surface area contributed by atoms with Crippen LogP contribution in [0.3, 0.4) is 0 Å². The highest BCUT2D eigenvalue weighted by Gasteiger charge is 2.45. The van der Waals surface area contributed by atoms with E-state index in [-0.39, 0.29) is 29.6 Å². The summed E-state index contributed by atoms with van der Waals surface area (Å²) >= 11 is 0. The highest BCUT2D eigenvalue weighted by molar-refractivity contribution is 6.74. The van der Waals surface area contributed by atoms with Crippen LogP contribution in [-0.4, -0.2) is 33.2 Å². The summed E-state index contributed by atoms with van der Waals surface area (Å²) in [6, 6.07) is 10.0. The van der Waals surface area contributed by atoms with Crippen molar-refractivity contribution in [1.29, 1.82) is 0 Å². The van der Waals surface area contributed by atoms with Gasteiger partial charge in [0.25, 0.3) is 0 Å². The third-order valence-corrected chi connectivity index (χ3v) is 9.69. The zero-order valence-electron chi connectivity index (χ0n) is 15.2. The van der Waals surface area contributed by atoms with Crippen molar-refractivity contribution in [2.75, 3.05) is 6.61 Å². The molecule has 0 bridgehead atoms. The van der Waals surface area contributed by atoms with Gasteiger partial charge < -0.3 is 18.6 Å². The van der Waals surface area contributed by atoms with Crippen molar-refractivity contribution < 1.29 is 18.6 Å². The van der Waals surface area contributed by atoms with Crippen molar-refractivity contribution in [3.8, 4) is 0 Å². The minimum absolute atomic E-state index is 0.0975. The van der Waals surface area contributed by atoms with Crippen molar-refractivity contribution in [3.63, 3.8) is 0 Å². The van der Waals surface area contributed by atoms with Gasteiger partial charge in [-0.3, -0.25) is 0 Å². The van der Waals surface area contributed by atoms with Crippen LogP contribution in [0.15, 0.2) is 42.7 Å². The maximum atomic E-state index is 6.59. The molecule has 5 heteroatoms. The Kier molecular flexibility index (Phi) is 4.89. The predicted molar refractivity (Wildman–Crippen MR) is 96.1 cm³/mol. The molecule has 0 saturated carbocycles. The van der Waals surface area contributed by atoms with Crippen LogP contribution >= 0.6 is 0 Å². The third kappa shape index (κ3) is 3.59. The molecule has 4 atom stereocenters. The molecule has 2 heterocycles. The predicted octanol–water partition coefficient (Wildman–Crippen LogP) is 4.40. The maximum absolute atomic E-state index is 6.59. The molecular weight excluding hydrogens is 320 g/mol. The number of hydrogen-bond donors (Lipinski definition) is 0. The Bertz CT molecular complexity index is 579. The fourth-order valence-electron chi connectivity index (χ4n) is 2.69. The van der Waals surface area contributed by atoms with Crippen LogP contribution in [0.1, 0.15) is 32.6 Å². The number of benzene rings is 1. The number of ether oxygens (including phenoxy) is 3. The van der Waals surface area contributed by atoms with Gasteiger partial charge in [-0.2, -0.15) is 0 Å². The van der Waals surface area contributed by atoms with Gasteiger partial charge in [-0.05, 0) is 24.2 Å². The van der Waals surface area contributed by atoms with Crippen molar-refractivity contribution in [2.24, 2.45) is 0 Å². The van der Waals surface area contributed by atoms with Gasteiger partial charge in [0.2, 0.25) is 0 Å². The van der Waals surface area contributed by atoms with E-state index < -0.39 is 8.32 Å². The fourth-order valence-corrected chi connectivity index (χ4v) is 3.94. The summed E-state index contributed by atoms with van der Waals surface area (Å²) in [5.41, 5.74) is 1.02. The van der Waals surface area contributed by atoms with Crippen LogP contribution in [0.25, 0.3) is 0 Å². The first-order chi connectivity index (χ1) is 11.3. The second-order valence-corrected chi connectivity index (χ2v) is 12.8. The number of fused-ring (bicyclic) bond motifs is 1. The maximum Gasteiger partial charge on any atom is 0.193 e. The van der Waals surface area contributed by atoms with Crippen molar-refractivity contribution >= 4 is 8.32 Å². The van der Waals surface area contributed by atoms with Crippen LogP contribution in [-0.2, 0) is 18.6 Å². The first-order valence-corrected chi connectivity index (χ1v) is 11.5. The monoisotopic (exact) mass is 348 g/mol. The van der Waals surface area contributed by atoms with Crippen molar-refractivity contribution in [2.45, 2.75) is 63.5 Å². The topological polar surface area (TPSA) is 36.9 Å². The minimum atomic E-state index is -1.90. The lowest BCUT2D eigenvalue weighted by molar-refractivity contribution is -0.274. The van der Waals surface area contributed by atoms with Crippen molar-refractivity contribution in [3.05, 3.63) is 48.2 Å². The van der Waals surface area contributed by atoms with Gasteiger partial charge in [0.15, 0.2) is 20.7 Å². The molecule has 4 nitrogen and oxygen atoms in total. The lowest BCUT2D eigenvalue weighted by Crippen LogP contribution is -2.54. The first kappa shape index (κ1) is 17.7. The Morgan fingerprint density at radius 2 is 1.83 bits per heavy atom. The molecule has 1 aromatic rings. The highest BCUT2D eigenvalue weighted by atomic mass is 28.4. The fraction of sp³-hybridized carbons (Fsp3) is 0.579. The van der Waals surface area contributed by atoms with Crippen LogP contribution in [0.2, 0.25) is 18.1 Å². The molecule has 0 aliphatic carbocycles. The quantitative estimate of drug-likeness (QED) is 0.759. The Labute approximate surface area is 145 Å². The summed E-state index contributed by atoms with van der Waals surface area (Å²) in [6.45, 7) is 11.8. The molecule has 24 heavy (non-hydrogen) atoms. The summed E-state index contributed by atoms with van der Waals surface area (Å²) in [6.07, 6.45) is 2.98. The average Bonchev–Trinajstić information content (AvgIpc) is 2.54. The largest absolute Gasteiger partial charge is 0.493 e. The van der Waals surface area contributed by atoms with Gasteiger partial charge >= 0.3 is 0 Å². The zero-order valence-corrected chi connectivity index (χ0v) is 16.2. The van der Waals surface area contributed by atoms with Crippen LogP contribution in [0.4, 0.5) is 0 Å². The summed E-state index contributed by atoms with van der Waals surface area (Å²) in [5, 5.41) is 0.151. The average molecular weight is 349 g/mol. The molecule has 1 saturated heterocycles. The lowest BCUT2D eigenvalue weighted by atomic mass is 10.0. The molecule has 132 valence electrons. The summed E-state index contributed by atoms with van der Waals surface area (Å²) in [5.74, 6) is 0. The molecule has 0 N–H and O–H groups in total. The summed E-state index contributed by atoms with van der Waals surface area (Å²) in [7, 11) is -1.90. The molecule has 0 radical (unpaired) electrons. The molecule has 0 spiro atoms. The Morgan fingerprint density at radius 3 is 2.50 bits per heavy atom. The lowest BCUT2D eigenvalue weighted by Gasteiger charge is -2.45.